The molecule has 0 saturated heterocycles. The topological polar surface area (TPSA) is 42.4 Å². The fraction of sp³-hybridized carbons (Fsp3) is 0.200. The molecule has 0 aliphatic rings. The van der Waals surface area contributed by atoms with Crippen molar-refractivity contribution in [2.24, 2.45) is 0 Å². The van der Waals surface area contributed by atoms with Crippen LogP contribution in [0.5, 0.6) is 5.75 Å². The number of benzene rings is 3. The van der Waals surface area contributed by atoms with Crippen LogP contribution in [0.25, 0.3) is 10.2 Å². The van der Waals surface area contributed by atoms with E-state index in [1.54, 1.807) is 29.4 Å². The van der Waals surface area contributed by atoms with Gasteiger partial charge in [0.1, 0.15) is 5.75 Å². The number of fused-ring (bicyclic) bond motifs is 1. The lowest BCUT2D eigenvalue weighted by Crippen LogP contribution is -2.30. The number of amides is 1. The number of nitrogens with zero attached hydrogens (tertiary/aromatic N) is 2. The van der Waals surface area contributed by atoms with E-state index < -0.39 is 0 Å². The zero-order valence-corrected chi connectivity index (χ0v) is 18.1. The molecule has 30 heavy (non-hydrogen) atoms. The van der Waals surface area contributed by atoms with Crippen LogP contribution in [0, 0.1) is 0 Å². The molecule has 1 heterocycles. The highest BCUT2D eigenvalue weighted by molar-refractivity contribution is 7.22. The molecule has 0 unspecified atom stereocenters. The van der Waals surface area contributed by atoms with Gasteiger partial charge in [-0.15, -0.1) is 0 Å². The Morgan fingerprint density at radius 3 is 2.47 bits per heavy atom. The van der Waals surface area contributed by atoms with Crippen LogP contribution in [0.2, 0.25) is 0 Å². The van der Waals surface area contributed by atoms with Gasteiger partial charge in [-0.3, -0.25) is 9.69 Å². The van der Waals surface area contributed by atoms with Gasteiger partial charge in [0.15, 0.2) is 5.13 Å². The summed E-state index contributed by atoms with van der Waals surface area (Å²) >= 11 is 1.55. The van der Waals surface area contributed by atoms with E-state index in [0.717, 1.165) is 15.8 Å². The zero-order chi connectivity index (χ0) is 21.1. The Bertz CT molecular complexity index is 1170. The highest BCUT2D eigenvalue weighted by atomic mass is 32.1. The summed E-state index contributed by atoms with van der Waals surface area (Å²) in [7, 11) is 1.58. The van der Waals surface area contributed by atoms with E-state index in [1.807, 2.05) is 48.5 Å². The van der Waals surface area contributed by atoms with Gasteiger partial charge in [-0.05, 0) is 35.2 Å². The van der Waals surface area contributed by atoms with Crippen LogP contribution in [-0.4, -0.2) is 18.0 Å². The SMILES string of the molecule is COc1ccccc1C(=O)N(Cc1ccccc1)c1nc2c(C(C)C)cccc2s1. The molecular weight excluding hydrogens is 392 g/mol. The number of hydrogen-bond donors (Lipinski definition) is 0. The predicted molar refractivity (Wildman–Crippen MR) is 124 cm³/mol. The molecule has 0 N–H and O–H groups in total. The second-order valence-electron chi connectivity index (χ2n) is 7.42. The molecule has 0 fully saturated rings. The molecule has 0 aliphatic carbocycles. The molecule has 0 radical (unpaired) electrons. The van der Waals surface area contributed by atoms with Crippen molar-refractivity contribution in [1.29, 1.82) is 0 Å². The lowest BCUT2D eigenvalue weighted by atomic mass is 10.0. The first-order valence-corrected chi connectivity index (χ1v) is 10.8. The van der Waals surface area contributed by atoms with Crippen molar-refractivity contribution in [1.82, 2.24) is 4.98 Å². The van der Waals surface area contributed by atoms with Crippen LogP contribution in [-0.2, 0) is 6.54 Å². The van der Waals surface area contributed by atoms with Crippen LogP contribution in [0.4, 0.5) is 5.13 Å². The molecule has 4 rings (SSSR count). The largest absolute Gasteiger partial charge is 0.496 e. The summed E-state index contributed by atoms with van der Waals surface area (Å²) in [6, 6.07) is 23.5. The summed E-state index contributed by atoms with van der Waals surface area (Å²) in [4.78, 5) is 20.3. The van der Waals surface area contributed by atoms with Crippen molar-refractivity contribution >= 4 is 32.6 Å². The highest BCUT2D eigenvalue weighted by Crippen LogP contribution is 2.35. The Hall–Kier alpha value is -3.18. The minimum absolute atomic E-state index is 0.124. The van der Waals surface area contributed by atoms with E-state index >= 15 is 0 Å². The van der Waals surface area contributed by atoms with Gasteiger partial charge in [0, 0.05) is 0 Å². The minimum Gasteiger partial charge on any atom is -0.496 e. The molecule has 3 aromatic carbocycles. The standard InChI is InChI=1S/C25H24N2O2S/c1-17(2)19-13-9-15-22-23(19)26-25(30-22)27(16-18-10-5-4-6-11-18)24(28)20-12-7-8-14-21(20)29-3/h4-15,17H,16H2,1-3H3. The van der Waals surface area contributed by atoms with E-state index in [-0.39, 0.29) is 5.91 Å². The average molecular weight is 417 g/mol. The Kier molecular flexibility index (Phi) is 5.81. The monoisotopic (exact) mass is 416 g/mol. The van der Waals surface area contributed by atoms with Crippen molar-refractivity contribution in [2.45, 2.75) is 26.3 Å². The van der Waals surface area contributed by atoms with Gasteiger partial charge in [-0.2, -0.15) is 0 Å². The second kappa shape index (κ2) is 8.67. The first-order valence-electron chi connectivity index (χ1n) is 9.96. The summed E-state index contributed by atoms with van der Waals surface area (Å²) in [6.45, 7) is 4.76. The van der Waals surface area contributed by atoms with Crippen molar-refractivity contribution in [2.75, 3.05) is 12.0 Å². The third-order valence-corrected chi connectivity index (χ3v) is 6.10. The van der Waals surface area contributed by atoms with E-state index in [4.69, 9.17) is 9.72 Å². The fourth-order valence-corrected chi connectivity index (χ4v) is 4.50. The fourth-order valence-electron chi connectivity index (χ4n) is 3.50. The molecular formula is C25H24N2O2S. The Morgan fingerprint density at radius 2 is 1.73 bits per heavy atom. The highest BCUT2D eigenvalue weighted by Gasteiger charge is 2.25. The number of ether oxygens (including phenoxy) is 1. The lowest BCUT2D eigenvalue weighted by Gasteiger charge is -2.21. The Labute approximate surface area is 180 Å². The normalized spacial score (nSPS) is 11.1. The summed E-state index contributed by atoms with van der Waals surface area (Å²) in [5.41, 5.74) is 3.74. The number of aromatic nitrogens is 1. The van der Waals surface area contributed by atoms with Crippen LogP contribution in [0.15, 0.2) is 72.8 Å². The number of para-hydroxylation sites is 2. The lowest BCUT2D eigenvalue weighted by molar-refractivity contribution is 0.0982. The number of methoxy groups -OCH3 is 1. The maximum atomic E-state index is 13.6. The van der Waals surface area contributed by atoms with E-state index in [0.29, 0.717) is 28.9 Å². The smallest absolute Gasteiger partial charge is 0.264 e. The van der Waals surface area contributed by atoms with Crippen molar-refractivity contribution in [3.05, 3.63) is 89.5 Å². The molecule has 1 aromatic heterocycles. The van der Waals surface area contributed by atoms with E-state index in [1.165, 1.54) is 5.56 Å². The zero-order valence-electron chi connectivity index (χ0n) is 17.3. The quantitative estimate of drug-likeness (QED) is 0.372. The van der Waals surface area contributed by atoms with Gasteiger partial charge in [-0.1, -0.05) is 79.8 Å². The predicted octanol–water partition coefficient (Wildman–Crippen LogP) is 6.28. The van der Waals surface area contributed by atoms with Crippen LogP contribution < -0.4 is 9.64 Å². The third-order valence-electron chi connectivity index (χ3n) is 5.06. The number of hydrogen-bond acceptors (Lipinski definition) is 4. The number of carbonyl (C=O) groups excluding carboxylic acids is 1. The molecule has 0 spiro atoms. The molecule has 0 saturated carbocycles. The molecule has 152 valence electrons. The van der Waals surface area contributed by atoms with Gasteiger partial charge in [0.25, 0.3) is 5.91 Å². The van der Waals surface area contributed by atoms with Crippen molar-refractivity contribution < 1.29 is 9.53 Å². The third kappa shape index (κ3) is 3.94. The summed E-state index contributed by atoms with van der Waals surface area (Å²) in [5, 5.41) is 0.692. The van der Waals surface area contributed by atoms with Gasteiger partial charge in [-0.25, -0.2) is 4.98 Å². The number of thiazole rings is 1. The number of rotatable bonds is 6. The number of anilines is 1. The van der Waals surface area contributed by atoms with Crippen LogP contribution in [0.1, 0.15) is 41.3 Å². The number of carbonyl (C=O) groups is 1. The average Bonchev–Trinajstić information content (AvgIpc) is 3.21. The first-order chi connectivity index (χ1) is 14.6. The van der Waals surface area contributed by atoms with Crippen molar-refractivity contribution in [3.8, 4) is 5.75 Å². The van der Waals surface area contributed by atoms with Gasteiger partial charge in [0.05, 0.1) is 29.4 Å². The summed E-state index contributed by atoms with van der Waals surface area (Å²) in [6.07, 6.45) is 0. The molecule has 1 amide bonds. The van der Waals surface area contributed by atoms with Crippen molar-refractivity contribution in [3.63, 3.8) is 0 Å². The Balaban J connectivity index is 1.82. The van der Waals surface area contributed by atoms with Gasteiger partial charge >= 0.3 is 0 Å². The van der Waals surface area contributed by atoms with E-state index in [2.05, 4.69) is 32.0 Å². The molecule has 4 aromatic rings. The first kappa shape index (κ1) is 20.1. The summed E-state index contributed by atoms with van der Waals surface area (Å²) < 4.78 is 6.53. The Morgan fingerprint density at radius 1 is 1.00 bits per heavy atom. The summed E-state index contributed by atoms with van der Waals surface area (Å²) in [5.74, 6) is 0.794. The molecule has 0 aliphatic heterocycles. The maximum absolute atomic E-state index is 13.6. The molecule has 4 nitrogen and oxygen atoms in total. The van der Waals surface area contributed by atoms with E-state index in [9.17, 15) is 4.79 Å². The van der Waals surface area contributed by atoms with Gasteiger partial charge < -0.3 is 4.74 Å². The minimum atomic E-state index is -0.124. The maximum Gasteiger partial charge on any atom is 0.264 e. The van der Waals surface area contributed by atoms with Crippen LogP contribution >= 0.6 is 11.3 Å². The van der Waals surface area contributed by atoms with Crippen LogP contribution in [0.3, 0.4) is 0 Å². The second-order valence-corrected chi connectivity index (χ2v) is 8.43. The van der Waals surface area contributed by atoms with Gasteiger partial charge in [0.2, 0.25) is 0 Å². The molecule has 0 atom stereocenters. The molecule has 5 heteroatoms. The molecule has 0 bridgehead atoms.